The van der Waals surface area contributed by atoms with Crippen molar-refractivity contribution in [2.24, 2.45) is 0 Å². The Morgan fingerprint density at radius 1 is 1.30 bits per heavy atom. The van der Waals surface area contributed by atoms with Gasteiger partial charge in [0, 0.05) is 18.3 Å². The normalized spacial score (nSPS) is 10.1. The van der Waals surface area contributed by atoms with Crippen LogP contribution < -0.4 is 10.1 Å². The molecule has 2 aromatic rings. The third-order valence-electron chi connectivity index (χ3n) is 2.52. The first-order valence-corrected chi connectivity index (χ1v) is 6.40. The summed E-state index contributed by atoms with van der Waals surface area (Å²) in [7, 11) is 0. The predicted molar refractivity (Wildman–Crippen MR) is 76.3 cm³/mol. The van der Waals surface area contributed by atoms with Crippen LogP contribution >= 0.6 is 0 Å². The van der Waals surface area contributed by atoms with E-state index in [2.05, 4.69) is 15.3 Å². The number of nitrogens with one attached hydrogen (secondary N) is 1. The molecule has 0 radical (unpaired) electrons. The minimum Gasteiger partial charge on any atom is -0.475 e. The summed E-state index contributed by atoms with van der Waals surface area (Å²) in [5.41, 5.74) is 1.34. The largest absolute Gasteiger partial charge is 0.475 e. The van der Waals surface area contributed by atoms with Gasteiger partial charge in [0.25, 0.3) is 0 Å². The van der Waals surface area contributed by atoms with Crippen molar-refractivity contribution in [2.45, 2.75) is 26.5 Å². The van der Waals surface area contributed by atoms with E-state index in [4.69, 9.17) is 10.00 Å². The standard InChI is InChI=1S/C15H16N4O/c1-11(2)20-15-12(5-4-8-17-15)10-18-14-7-3-6-13(9-16)19-14/h3-8,11H,10H2,1-2H3,(H,18,19). The molecular formula is C15H16N4O. The molecule has 0 aliphatic carbocycles. The summed E-state index contributed by atoms with van der Waals surface area (Å²) < 4.78 is 5.65. The smallest absolute Gasteiger partial charge is 0.218 e. The topological polar surface area (TPSA) is 70.8 Å². The Labute approximate surface area is 118 Å². The van der Waals surface area contributed by atoms with E-state index in [-0.39, 0.29) is 6.10 Å². The molecular weight excluding hydrogens is 252 g/mol. The molecule has 0 aromatic carbocycles. The van der Waals surface area contributed by atoms with Gasteiger partial charge in [-0.15, -0.1) is 0 Å². The van der Waals surface area contributed by atoms with E-state index >= 15 is 0 Å². The lowest BCUT2D eigenvalue weighted by Crippen LogP contribution is -2.11. The second kappa shape index (κ2) is 6.53. The monoisotopic (exact) mass is 268 g/mol. The number of nitriles is 1. The third-order valence-corrected chi connectivity index (χ3v) is 2.52. The molecule has 5 nitrogen and oxygen atoms in total. The van der Waals surface area contributed by atoms with E-state index in [0.717, 1.165) is 5.56 Å². The van der Waals surface area contributed by atoms with Crippen LogP contribution in [0.5, 0.6) is 5.88 Å². The summed E-state index contributed by atoms with van der Waals surface area (Å²) in [4.78, 5) is 8.39. The molecule has 0 amide bonds. The lowest BCUT2D eigenvalue weighted by molar-refractivity contribution is 0.230. The van der Waals surface area contributed by atoms with E-state index in [9.17, 15) is 0 Å². The van der Waals surface area contributed by atoms with Crippen molar-refractivity contribution in [1.82, 2.24) is 9.97 Å². The van der Waals surface area contributed by atoms with Crippen LogP contribution in [0.3, 0.4) is 0 Å². The molecule has 0 saturated carbocycles. The fraction of sp³-hybridized carbons (Fsp3) is 0.267. The van der Waals surface area contributed by atoms with Crippen molar-refractivity contribution in [3.63, 3.8) is 0 Å². The van der Waals surface area contributed by atoms with Crippen LogP contribution in [0.1, 0.15) is 25.1 Å². The first kappa shape index (κ1) is 13.8. The van der Waals surface area contributed by atoms with Crippen LogP contribution in [0.25, 0.3) is 0 Å². The summed E-state index contributed by atoms with van der Waals surface area (Å²) in [5.74, 6) is 1.27. The predicted octanol–water partition coefficient (Wildman–Crippen LogP) is 2.75. The molecule has 2 aromatic heterocycles. The number of ether oxygens (including phenoxy) is 1. The highest BCUT2D eigenvalue weighted by atomic mass is 16.5. The molecule has 2 rings (SSSR count). The molecule has 0 aliphatic heterocycles. The lowest BCUT2D eigenvalue weighted by Gasteiger charge is -2.13. The second-order valence-corrected chi connectivity index (χ2v) is 4.51. The number of pyridine rings is 2. The Morgan fingerprint density at radius 3 is 2.90 bits per heavy atom. The van der Waals surface area contributed by atoms with Gasteiger partial charge in [0.1, 0.15) is 17.6 Å². The van der Waals surface area contributed by atoms with Gasteiger partial charge >= 0.3 is 0 Å². The number of rotatable bonds is 5. The number of hydrogen-bond acceptors (Lipinski definition) is 5. The zero-order valence-corrected chi connectivity index (χ0v) is 11.5. The Morgan fingerprint density at radius 2 is 2.15 bits per heavy atom. The third kappa shape index (κ3) is 3.69. The number of aromatic nitrogens is 2. The van der Waals surface area contributed by atoms with Gasteiger partial charge in [-0.05, 0) is 32.0 Å². The maximum Gasteiger partial charge on any atom is 0.218 e. The van der Waals surface area contributed by atoms with Crippen molar-refractivity contribution in [2.75, 3.05) is 5.32 Å². The molecule has 0 saturated heterocycles. The molecule has 1 N–H and O–H groups in total. The van der Waals surface area contributed by atoms with Crippen LogP contribution in [-0.4, -0.2) is 16.1 Å². The summed E-state index contributed by atoms with van der Waals surface area (Å²) in [6, 6.07) is 11.1. The van der Waals surface area contributed by atoms with Gasteiger partial charge in [0.15, 0.2) is 0 Å². The van der Waals surface area contributed by atoms with Gasteiger partial charge in [0.05, 0.1) is 6.10 Å². The highest BCUT2D eigenvalue weighted by molar-refractivity contribution is 5.40. The van der Waals surface area contributed by atoms with Gasteiger partial charge in [-0.2, -0.15) is 5.26 Å². The molecule has 0 atom stereocenters. The molecule has 0 bridgehead atoms. The Balaban J connectivity index is 2.09. The average molecular weight is 268 g/mol. The summed E-state index contributed by atoms with van der Waals surface area (Å²) in [6.45, 7) is 4.46. The highest BCUT2D eigenvalue weighted by Gasteiger charge is 2.06. The van der Waals surface area contributed by atoms with Gasteiger partial charge in [-0.3, -0.25) is 0 Å². The molecule has 0 spiro atoms. The van der Waals surface area contributed by atoms with Gasteiger partial charge < -0.3 is 10.1 Å². The molecule has 0 fully saturated rings. The van der Waals surface area contributed by atoms with Crippen LogP contribution in [0.2, 0.25) is 0 Å². The quantitative estimate of drug-likeness (QED) is 0.902. The summed E-state index contributed by atoms with van der Waals surface area (Å²) in [5, 5.41) is 12.0. The average Bonchev–Trinajstić information content (AvgIpc) is 2.46. The number of nitrogens with zero attached hydrogens (tertiary/aromatic N) is 3. The Kier molecular flexibility index (Phi) is 4.51. The van der Waals surface area contributed by atoms with Crippen molar-refractivity contribution >= 4 is 5.82 Å². The zero-order chi connectivity index (χ0) is 14.4. The number of anilines is 1. The maximum absolute atomic E-state index is 8.82. The van der Waals surface area contributed by atoms with Crippen LogP contribution in [0.15, 0.2) is 36.5 Å². The van der Waals surface area contributed by atoms with Crippen molar-refractivity contribution in [3.05, 3.63) is 47.8 Å². The van der Waals surface area contributed by atoms with E-state index < -0.39 is 0 Å². The molecule has 0 unspecified atom stereocenters. The van der Waals surface area contributed by atoms with E-state index in [1.807, 2.05) is 38.1 Å². The fourth-order valence-corrected chi connectivity index (χ4v) is 1.67. The van der Waals surface area contributed by atoms with Crippen LogP contribution in [0.4, 0.5) is 5.82 Å². The Bertz CT molecular complexity index is 619. The highest BCUT2D eigenvalue weighted by Crippen LogP contribution is 2.17. The first-order chi connectivity index (χ1) is 9.69. The van der Waals surface area contributed by atoms with E-state index in [1.54, 1.807) is 18.3 Å². The van der Waals surface area contributed by atoms with Crippen LogP contribution in [0, 0.1) is 11.3 Å². The Hall–Kier alpha value is -2.61. The zero-order valence-electron chi connectivity index (χ0n) is 11.5. The van der Waals surface area contributed by atoms with Gasteiger partial charge in [-0.1, -0.05) is 12.1 Å². The minimum absolute atomic E-state index is 0.0729. The molecule has 5 heteroatoms. The molecule has 0 aliphatic rings. The maximum atomic E-state index is 8.82. The second-order valence-electron chi connectivity index (χ2n) is 4.51. The van der Waals surface area contributed by atoms with Crippen molar-refractivity contribution in [3.8, 4) is 11.9 Å². The number of hydrogen-bond donors (Lipinski definition) is 1. The first-order valence-electron chi connectivity index (χ1n) is 6.40. The molecule has 2 heterocycles. The minimum atomic E-state index is 0.0729. The van der Waals surface area contributed by atoms with E-state index in [0.29, 0.717) is 23.9 Å². The summed E-state index contributed by atoms with van der Waals surface area (Å²) >= 11 is 0. The van der Waals surface area contributed by atoms with Gasteiger partial charge in [0.2, 0.25) is 5.88 Å². The van der Waals surface area contributed by atoms with E-state index in [1.165, 1.54) is 0 Å². The van der Waals surface area contributed by atoms with Gasteiger partial charge in [-0.25, -0.2) is 9.97 Å². The van der Waals surface area contributed by atoms with Crippen molar-refractivity contribution < 1.29 is 4.74 Å². The van der Waals surface area contributed by atoms with Crippen molar-refractivity contribution in [1.29, 1.82) is 5.26 Å². The molecule has 102 valence electrons. The SMILES string of the molecule is CC(C)Oc1ncccc1CNc1cccc(C#N)n1. The molecule has 20 heavy (non-hydrogen) atoms. The lowest BCUT2D eigenvalue weighted by atomic mass is 10.2. The summed E-state index contributed by atoms with van der Waals surface area (Å²) in [6.07, 6.45) is 1.78. The fourth-order valence-electron chi connectivity index (χ4n) is 1.67. The van der Waals surface area contributed by atoms with Crippen LogP contribution in [-0.2, 0) is 6.54 Å².